The van der Waals surface area contributed by atoms with Crippen LogP contribution >= 0.6 is 0 Å². The molecule has 0 saturated carbocycles. The first kappa shape index (κ1) is 15.4. The summed E-state index contributed by atoms with van der Waals surface area (Å²) in [5.74, 6) is -1.23. The molecule has 0 atom stereocenters. The first-order valence-electron chi connectivity index (χ1n) is 6.35. The molecule has 7 heteroatoms. The summed E-state index contributed by atoms with van der Waals surface area (Å²) >= 11 is 0. The molecule has 0 aromatic carbocycles. The number of nitrogens with one attached hydrogen (secondary N) is 1. The molecule has 106 valence electrons. The second kappa shape index (κ2) is 7.71. The third-order valence-corrected chi connectivity index (χ3v) is 3.05. The van der Waals surface area contributed by atoms with Crippen LogP contribution in [0, 0.1) is 11.3 Å². The highest BCUT2D eigenvalue weighted by atomic mass is 16.2. The van der Waals surface area contributed by atoms with Crippen molar-refractivity contribution in [3.8, 4) is 6.07 Å². The van der Waals surface area contributed by atoms with Crippen molar-refractivity contribution < 1.29 is 9.59 Å². The van der Waals surface area contributed by atoms with Gasteiger partial charge in [0.25, 0.3) is 0 Å². The summed E-state index contributed by atoms with van der Waals surface area (Å²) in [6.07, 6.45) is 0. The lowest BCUT2D eigenvalue weighted by Crippen LogP contribution is -2.53. The number of carbonyl (C=O) groups excluding carboxylic acids is 2. The minimum atomic E-state index is -0.691. The molecule has 2 amide bonds. The van der Waals surface area contributed by atoms with Crippen LogP contribution < -0.4 is 5.32 Å². The topological polar surface area (TPSA) is 79.7 Å². The Morgan fingerprint density at radius 1 is 1.26 bits per heavy atom. The maximum absolute atomic E-state index is 11.8. The average Bonchev–Trinajstić information content (AvgIpc) is 2.42. The number of nitrogens with zero attached hydrogens (tertiary/aromatic N) is 4. The maximum Gasteiger partial charge on any atom is 0.311 e. The molecule has 1 N–H and O–H groups in total. The third kappa shape index (κ3) is 5.24. The normalized spacial score (nSPS) is 16.2. The summed E-state index contributed by atoms with van der Waals surface area (Å²) in [5.41, 5.74) is 0. The van der Waals surface area contributed by atoms with E-state index in [-0.39, 0.29) is 6.54 Å². The first-order valence-corrected chi connectivity index (χ1v) is 6.35. The Hall–Kier alpha value is -1.65. The molecule has 0 spiro atoms. The van der Waals surface area contributed by atoms with Crippen LogP contribution in [0.2, 0.25) is 0 Å². The number of amides is 2. The van der Waals surface area contributed by atoms with Gasteiger partial charge in [-0.25, -0.2) is 0 Å². The highest BCUT2D eigenvalue weighted by Crippen LogP contribution is 2.02. The van der Waals surface area contributed by atoms with E-state index in [2.05, 4.69) is 15.1 Å². The van der Waals surface area contributed by atoms with Gasteiger partial charge in [-0.2, -0.15) is 5.26 Å². The van der Waals surface area contributed by atoms with Crippen LogP contribution in [-0.2, 0) is 9.59 Å². The fraction of sp³-hybridized carbons (Fsp3) is 0.750. The summed E-state index contributed by atoms with van der Waals surface area (Å²) in [6.45, 7) is 4.51. The van der Waals surface area contributed by atoms with E-state index >= 15 is 0 Å². The lowest BCUT2D eigenvalue weighted by molar-refractivity contribution is -0.146. The highest BCUT2D eigenvalue weighted by Gasteiger charge is 2.25. The molecule has 1 aliphatic heterocycles. The van der Waals surface area contributed by atoms with Crippen LogP contribution in [0.25, 0.3) is 0 Å². The molecule has 1 rings (SSSR count). The van der Waals surface area contributed by atoms with Crippen LogP contribution in [0.3, 0.4) is 0 Å². The molecule has 1 fully saturated rings. The van der Waals surface area contributed by atoms with Gasteiger partial charge >= 0.3 is 11.8 Å². The van der Waals surface area contributed by atoms with Gasteiger partial charge in [0.15, 0.2) is 0 Å². The smallest absolute Gasteiger partial charge is 0.311 e. The largest absolute Gasteiger partial charge is 0.335 e. The van der Waals surface area contributed by atoms with Crippen molar-refractivity contribution in [2.75, 3.05) is 59.9 Å². The molecule has 1 saturated heterocycles. The summed E-state index contributed by atoms with van der Waals surface area (Å²) < 4.78 is 0. The summed E-state index contributed by atoms with van der Waals surface area (Å²) in [5, 5.41) is 10.6. The predicted molar refractivity (Wildman–Crippen MR) is 70.2 cm³/mol. The van der Waals surface area contributed by atoms with Crippen LogP contribution in [-0.4, -0.2) is 86.4 Å². The van der Waals surface area contributed by atoms with Crippen LogP contribution in [0.4, 0.5) is 0 Å². The Labute approximate surface area is 113 Å². The Bertz CT molecular complexity index is 356. The number of hydrogen-bond donors (Lipinski definition) is 1. The van der Waals surface area contributed by atoms with E-state index in [0.717, 1.165) is 26.2 Å². The molecule has 1 aliphatic rings. The number of rotatable bonds is 4. The van der Waals surface area contributed by atoms with Gasteiger partial charge < -0.3 is 15.1 Å². The number of hydrogen-bond acceptors (Lipinski definition) is 5. The lowest BCUT2D eigenvalue weighted by Gasteiger charge is -2.34. The fourth-order valence-electron chi connectivity index (χ4n) is 1.86. The van der Waals surface area contributed by atoms with Gasteiger partial charge in [0.05, 0.1) is 6.07 Å². The quantitative estimate of drug-likeness (QED) is 0.487. The van der Waals surface area contributed by atoms with Crippen molar-refractivity contribution in [3.63, 3.8) is 0 Å². The van der Waals surface area contributed by atoms with E-state index < -0.39 is 11.8 Å². The zero-order valence-electron chi connectivity index (χ0n) is 11.6. The van der Waals surface area contributed by atoms with E-state index in [1.165, 1.54) is 0 Å². The third-order valence-electron chi connectivity index (χ3n) is 3.05. The zero-order valence-corrected chi connectivity index (χ0v) is 11.6. The fourth-order valence-corrected chi connectivity index (χ4v) is 1.86. The molecule has 0 aromatic rings. The van der Waals surface area contributed by atoms with Crippen molar-refractivity contribution in [2.45, 2.75) is 0 Å². The second-order valence-corrected chi connectivity index (χ2v) is 4.78. The van der Waals surface area contributed by atoms with Crippen molar-refractivity contribution in [1.82, 2.24) is 20.0 Å². The monoisotopic (exact) mass is 267 g/mol. The Morgan fingerprint density at radius 3 is 2.42 bits per heavy atom. The lowest BCUT2D eigenvalue weighted by atomic mass is 10.3. The minimum Gasteiger partial charge on any atom is -0.335 e. The van der Waals surface area contributed by atoms with E-state index in [1.807, 2.05) is 14.1 Å². The molecular weight excluding hydrogens is 246 g/mol. The van der Waals surface area contributed by atoms with E-state index in [4.69, 9.17) is 5.26 Å². The predicted octanol–water partition coefficient (Wildman–Crippen LogP) is -1.67. The summed E-state index contributed by atoms with van der Waals surface area (Å²) in [4.78, 5) is 29.1. The molecule has 0 bridgehead atoms. The van der Waals surface area contributed by atoms with Gasteiger partial charge in [-0.15, -0.1) is 0 Å². The van der Waals surface area contributed by atoms with Gasteiger partial charge in [0.2, 0.25) is 0 Å². The Kier molecular flexibility index (Phi) is 6.25. The van der Waals surface area contributed by atoms with Gasteiger partial charge in [-0.1, -0.05) is 0 Å². The molecular formula is C12H21N5O2. The van der Waals surface area contributed by atoms with Gasteiger partial charge in [-0.3, -0.25) is 14.5 Å². The molecule has 0 aromatic heterocycles. The highest BCUT2D eigenvalue weighted by molar-refractivity contribution is 6.35. The second-order valence-electron chi connectivity index (χ2n) is 4.78. The standard InChI is InChI=1S/C12H21N5O2/c1-15(2)5-6-16-7-9-17(10-8-16)12(19)11(18)14-4-3-13/h4-10H2,1-2H3,(H,14,18). The molecule has 0 aliphatic carbocycles. The minimum absolute atomic E-state index is 0.132. The van der Waals surface area contributed by atoms with E-state index in [0.29, 0.717) is 13.1 Å². The summed E-state index contributed by atoms with van der Waals surface area (Å²) in [7, 11) is 4.05. The molecule has 1 heterocycles. The Morgan fingerprint density at radius 2 is 1.89 bits per heavy atom. The van der Waals surface area contributed by atoms with Gasteiger partial charge in [-0.05, 0) is 14.1 Å². The molecule has 19 heavy (non-hydrogen) atoms. The van der Waals surface area contributed by atoms with Gasteiger partial charge in [0.1, 0.15) is 6.54 Å². The zero-order chi connectivity index (χ0) is 14.3. The maximum atomic E-state index is 11.8. The SMILES string of the molecule is CN(C)CCN1CCN(C(=O)C(=O)NCC#N)CC1. The number of likely N-dealkylation sites (N-methyl/N-ethyl adjacent to an activating group) is 1. The number of piperazine rings is 1. The van der Waals surface area contributed by atoms with Crippen LogP contribution in [0.5, 0.6) is 0 Å². The van der Waals surface area contributed by atoms with Crippen molar-refractivity contribution in [2.24, 2.45) is 0 Å². The van der Waals surface area contributed by atoms with Crippen molar-refractivity contribution >= 4 is 11.8 Å². The molecule has 0 unspecified atom stereocenters. The van der Waals surface area contributed by atoms with Crippen molar-refractivity contribution in [3.05, 3.63) is 0 Å². The first-order chi connectivity index (χ1) is 9.04. The summed E-state index contributed by atoms with van der Waals surface area (Å²) in [6, 6.07) is 1.78. The molecule has 7 nitrogen and oxygen atoms in total. The number of nitriles is 1. The van der Waals surface area contributed by atoms with Gasteiger partial charge in [0, 0.05) is 39.3 Å². The van der Waals surface area contributed by atoms with E-state index in [9.17, 15) is 9.59 Å². The molecule has 0 radical (unpaired) electrons. The van der Waals surface area contributed by atoms with E-state index in [1.54, 1.807) is 11.0 Å². The van der Waals surface area contributed by atoms with Crippen molar-refractivity contribution in [1.29, 1.82) is 5.26 Å². The number of carbonyl (C=O) groups is 2. The Balaban J connectivity index is 2.31. The van der Waals surface area contributed by atoms with Crippen LogP contribution in [0.15, 0.2) is 0 Å². The van der Waals surface area contributed by atoms with Crippen LogP contribution in [0.1, 0.15) is 0 Å². The average molecular weight is 267 g/mol.